The third-order valence-corrected chi connectivity index (χ3v) is 3.45. The minimum atomic E-state index is -0.334. The first kappa shape index (κ1) is 16.7. The molecule has 0 radical (unpaired) electrons. The van der Waals surface area contributed by atoms with E-state index < -0.39 is 0 Å². The molecule has 0 aromatic heterocycles. The molecule has 0 aliphatic heterocycles. The van der Waals surface area contributed by atoms with E-state index in [0.29, 0.717) is 0 Å². The number of amides is 1. The van der Waals surface area contributed by atoms with Crippen LogP contribution in [0.25, 0.3) is 0 Å². The lowest BCUT2D eigenvalue weighted by molar-refractivity contribution is -0.125. The summed E-state index contributed by atoms with van der Waals surface area (Å²) in [4.78, 5) is 12.1. The van der Waals surface area contributed by atoms with Gasteiger partial charge in [0, 0.05) is 12.0 Å². The van der Waals surface area contributed by atoms with Gasteiger partial charge in [-0.05, 0) is 25.3 Å². The van der Waals surface area contributed by atoms with Gasteiger partial charge in [-0.3, -0.25) is 4.79 Å². The lowest BCUT2D eigenvalue weighted by atomic mass is 10.00. The topological polar surface area (TPSA) is 75.4 Å². The van der Waals surface area contributed by atoms with Crippen molar-refractivity contribution < 1.29 is 9.90 Å². The minimum Gasteiger partial charge on any atom is -0.394 e. The van der Waals surface area contributed by atoms with Crippen LogP contribution >= 0.6 is 0 Å². The average Bonchev–Trinajstić information content (AvgIpc) is 2.44. The first-order chi connectivity index (χ1) is 9.54. The van der Waals surface area contributed by atoms with Gasteiger partial charge in [-0.1, -0.05) is 43.7 Å². The predicted molar refractivity (Wildman–Crippen MR) is 81.1 cm³/mol. The summed E-state index contributed by atoms with van der Waals surface area (Å²) in [5.74, 6) is -0.0795. The molecule has 4 N–H and O–H groups in total. The normalized spacial score (nSPS) is 15.4. The maximum atomic E-state index is 12.1. The molecule has 4 nitrogen and oxygen atoms in total. The van der Waals surface area contributed by atoms with Crippen molar-refractivity contribution in [1.82, 2.24) is 5.32 Å². The standard InChI is InChI=1S/C16H26N2O2/c1-12(7-6-8-13(2)17)16(20)18-15(11-19)14-9-4-3-5-10-14/h3-5,9-10,12-13,15,19H,6-8,11,17H2,1-2H3,(H,18,20)/t12?,13?,15-/m1/s1. The molecule has 0 fully saturated rings. The van der Waals surface area contributed by atoms with Gasteiger partial charge in [0.05, 0.1) is 12.6 Å². The summed E-state index contributed by atoms with van der Waals surface area (Å²) in [5, 5.41) is 12.3. The van der Waals surface area contributed by atoms with Crippen LogP contribution in [0.15, 0.2) is 30.3 Å². The van der Waals surface area contributed by atoms with Crippen LogP contribution in [0.3, 0.4) is 0 Å². The molecule has 112 valence electrons. The number of aliphatic hydroxyl groups is 1. The number of hydrogen-bond donors (Lipinski definition) is 3. The molecule has 20 heavy (non-hydrogen) atoms. The van der Waals surface area contributed by atoms with Crippen LogP contribution in [-0.4, -0.2) is 23.7 Å². The number of rotatable bonds is 8. The van der Waals surface area contributed by atoms with E-state index in [1.165, 1.54) is 0 Å². The SMILES string of the molecule is CC(N)CCCC(C)C(=O)N[C@H](CO)c1ccccc1. The molecule has 1 aromatic rings. The van der Waals surface area contributed by atoms with Crippen molar-refractivity contribution in [3.8, 4) is 0 Å². The van der Waals surface area contributed by atoms with Crippen molar-refractivity contribution in [1.29, 1.82) is 0 Å². The van der Waals surface area contributed by atoms with E-state index in [1.54, 1.807) is 0 Å². The Bertz CT molecular complexity index is 393. The van der Waals surface area contributed by atoms with Crippen LogP contribution in [0.2, 0.25) is 0 Å². The smallest absolute Gasteiger partial charge is 0.223 e. The van der Waals surface area contributed by atoms with Gasteiger partial charge in [0.2, 0.25) is 5.91 Å². The van der Waals surface area contributed by atoms with Crippen LogP contribution in [0, 0.1) is 5.92 Å². The van der Waals surface area contributed by atoms with E-state index in [-0.39, 0.29) is 30.5 Å². The molecular formula is C16H26N2O2. The molecule has 2 unspecified atom stereocenters. The molecule has 3 atom stereocenters. The molecule has 1 rings (SSSR count). The zero-order chi connectivity index (χ0) is 15.0. The van der Waals surface area contributed by atoms with E-state index in [4.69, 9.17) is 5.73 Å². The van der Waals surface area contributed by atoms with Crippen molar-refractivity contribution in [2.45, 2.75) is 45.2 Å². The first-order valence-electron chi connectivity index (χ1n) is 7.26. The van der Waals surface area contributed by atoms with Crippen molar-refractivity contribution >= 4 is 5.91 Å². The molecular weight excluding hydrogens is 252 g/mol. The van der Waals surface area contributed by atoms with E-state index in [1.807, 2.05) is 44.2 Å². The fourth-order valence-electron chi connectivity index (χ4n) is 2.11. The highest BCUT2D eigenvalue weighted by Gasteiger charge is 2.18. The molecule has 1 amide bonds. The van der Waals surface area contributed by atoms with Crippen LogP contribution < -0.4 is 11.1 Å². The third kappa shape index (κ3) is 5.72. The molecule has 0 saturated heterocycles. The summed E-state index contributed by atoms with van der Waals surface area (Å²) >= 11 is 0. The molecule has 0 aliphatic carbocycles. The highest BCUT2D eigenvalue weighted by Crippen LogP contribution is 2.15. The second-order valence-electron chi connectivity index (χ2n) is 5.46. The van der Waals surface area contributed by atoms with Crippen LogP contribution in [0.5, 0.6) is 0 Å². The van der Waals surface area contributed by atoms with Gasteiger partial charge in [-0.2, -0.15) is 0 Å². The van der Waals surface area contributed by atoms with Crippen molar-refractivity contribution in [2.24, 2.45) is 11.7 Å². The number of nitrogens with one attached hydrogen (secondary N) is 1. The van der Waals surface area contributed by atoms with Crippen molar-refractivity contribution in [2.75, 3.05) is 6.61 Å². The summed E-state index contributed by atoms with van der Waals surface area (Å²) in [6.07, 6.45) is 2.70. The van der Waals surface area contributed by atoms with Gasteiger partial charge in [0.15, 0.2) is 0 Å². The van der Waals surface area contributed by atoms with Crippen molar-refractivity contribution in [3.63, 3.8) is 0 Å². The fourth-order valence-corrected chi connectivity index (χ4v) is 2.11. The van der Waals surface area contributed by atoms with Gasteiger partial charge in [-0.15, -0.1) is 0 Å². The third-order valence-electron chi connectivity index (χ3n) is 3.45. The predicted octanol–water partition coefficient (Wildman–Crippen LogP) is 1.99. The maximum absolute atomic E-state index is 12.1. The Morgan fingerprint density at radius 3 is 2.45 bits per heavy atom. The highest BCUT2D eigenvalue weighted by molar-refractivity contribution is 5.78. The number of hydrogen-bond acceptors (Lipinski definition) is 3. The summed E-state index contributed by atoms with van der Waals surface area (Å²) in [5.41, 5.74) is 6.62. The van der Waals surface area contributed by atoms with Crippen LogP contribution in [-0.2, 0) is 4.79 Å². The summed E-state index contributed by atoms with van der Waals surface area (Å²) in [7, 11) is 0. The summed E-state index contributed by atoms with van der Waals surface area (Å²) < 4.78 is 0. The Morgan fingerprint density at radius 1 is 1.25 bits per heavy atom. The maximum Gasteiger partial charge on any atom is 0.223 e. The Labute approximate surface area is 121 Å². The van der Waals surface area contributed by atoms with Gasteiger partial charge in [0.25, 0.3) is 0 Å². The van der Waals surface area contributed by atoms with Crippen LogP contribution in [0.1, 0.15) is 44.7 Å². The Balaban J connectivity index is 2.46. The molecule has 4 heteroatoms. The zero-order valence-electron chi connectivity index (χ0n) is 12.4. The van der Waals surface area contributed by atoms with Crippen molar-refractivity contribution in [3.05, 3.63) is 35.9 Å². The highest BCUT2D eigenvalue weighted by atomic mass is 16.3. The minimum absolute atomic E-state index is 0.0161. The fraction of sp³-hybridized carbons (Fsp3) is 0.562. The quantitative estimate of drug-likeness (QED) is 0.680. The summed E-state index contributed by atoms with van der Waals surface area (Å²) in [6, 6.07) is 9.37. The second-order valence-corrected chi connectivity index (χ2v) is 5.46. The zero-order valence-corrected chi connectivity index (χ0v) is 12.4. The number of aliphatic hydroxyl groups excluding tert-OH is 1. The van der Waals surface area contributed by atoms with Gasteiger partial charge in [-0.25, -0.2) is 0 Å². The van der Waals surface area contributed by atoms with E-state index in [0.717, 1.165) is 24.8 Å². The molecule has 1 aromatic carbocycles. The Morgan fingerprint density at radius 2 is 1.90 bits per heavy atom. The van der Waals surface area contributed by atoms with Gasteiger partial charge >= 0.3 is 0 Å². The molecule has 0 heterocycles. The monoisotopic (exact) mass is 278 g/mol. The first-order valence-corrected chi connectivity index (χ1v) is 7.26. The molecule has 0 saturated carbocycles. The van der Waals surface area contributed by atoms with E-state index >= 15 is 0 Å². The lowest BCUT2D eigenvalue weighted by Crippen LogP contribution is -2.34. The van der Waals surface area contributed by atoms with Gasteiger partial charge < -0.3 is 16.2 Å². The average molecular weight is 278 g/mol. The molecule has 0 spiro atoms. The molecule has 0 aliphatic rings. The molecule has 0 bridgehead atoms. The Hall–Kier alpha value is -1.39. The van der Waals surface area contributed by atoms with Gasteiger partial charge in [0.1, 0.15) is 0 Å². The Kier molecular flexibility index (Phi) is 7.26. The largest absolute Gasteiger partial charge is 0.394 e. The van der Waals surface area contributed by atoms with E-state index in [9.17, 15) is 9.90 Å². The lowest BCUT2D eigenvalue weighted by Gasteiger charge is -2.20. The number of benzene rings is 1. The number of carbonyl (C=O) groups is 1. The van der Waals surface area contributed by atoms with E-state index in [2.05, 4.69) is 5.32 Å². The number of carbonyl (C=O) groups excluding carboxylic acids is 1. The second kappa shape index (κ2) is 8.72. The number of nitrogens with two attached hydrogens (primary N) is 1. The van der Waals surface area contributed by atoms with Crippen LogP contribution in [0.4, 0.5) is 0 Å². The summed E-state index contributed by atoms with van der Waals surface area (Å²) in [6.45, 7) is 3.79.